The second-order valence-electron chi connectivity index (χ2n) is 6.72. The van der Waals surface area contributed by atoms with Gasteiger partial charge in [0.15, 0.2) is 0 Å². The number of hydrogen-bond donors (Lipinski definition) is 1. The maximum absolute atomic E-state index is 12.8. The summed E-state index contributed by atoms with van der Waals surface area (Å²) in [6.07, 6.45) is 3.54. The Morgan fingerprint density at radius 3 is 2.58 bits per heavy atom. The highest BCUT2D eigenvalue weighted by Gasteiger charge is 2.37. The highest BCUT2D eigenvalue weighted by molar-refractivity contribution is 6.22. The van der Waals surface area contributed by atoms with Crippen LogP contribution in [0.1, 0.15) is 70.1 Å². The van der Waals surface area contributed by atoms with E-state index in [9.17, 15) is 24.3 Å². The van der Waals surface area contributed by atoms with Crippen LogP contribution in [0.3, 0.4) is 0 Å². The van der Waals surface area contributed by atoms with Crippen molar-refractivity contribution in [3.05, 3.63) is 34.9 Å². The first-order chi connectivity index (χ1) is 12.5. The average Bonchev–Trinajstić information content (AvgIpc) is 2.89. The molecule has 138 valence electrons. The van der Waals surface area contributed by atoms with Crippen molar-refractivity contribution in [3.63, 3.8) is 0 Å². The Balaban J connectivity index is 1.87. The number of rotatable bonds is 5. The first kappa shape index (κ1) is 18.1. The molecule has 1 atom stereocenters. The quantitative estimate of drug-likeness (QED) is 0.814. The molecule has 1 saturated heterocycles. The summed E-state index contributed by atoms with van der Waals surface area (Å²) in [4.78, 5) is 51.7. The van der Waals surface area contributed by atoms with Gasteiger partial charge in [-0.15, -0.1) is 0 Å². The van der Waals surface area contributed by atoms with Gasteiger partial charge >= 0.3 is 5.97 Å². The fourth-order valence-corrected chi connectivity index (χ4v) is 3.54. The van der Waals surface area contributed by atoms with Gasteiger partial charge in [0.25, 0.3) is 17.7 Å². The Kier molecular flexibility index (Phi) is 5.06. The number of amides is 3. The van der Waals surface area contributed by atoms with E-state index in [0.29, 0.717) is 25.1 Å². The zero-order valence-electron chi connectivity index (χ0n) is 14.7. The lowest BCUT2D eigenvalue weighted by Gasteiger charge is -2.33. The van der Waals surface area contributed by atoms with Crippen molar-refractivity contribution in [2.24, 2.45) is 0 Å². The molecule has 2 aliphatic heterocycles. The molecule has 0 aromatic heterocycles. The van der Waals surface area contributed by atoms with Gasteiger partial charge in [0.05, 0.1) is 11.1 Å². The predicted octanol–water partition coefficient (Wildman–Crippen LogP) is 2.16. The van der Waals surface area contributed by atoms with Crippen LogP contribution in [-0.2, 0) is 4.79 Å². The van der Waals surface area contributed by atoms with E-state index in [1.807, 2.05) is 6.92 Å². The molecule has 1 aromatic rings. The van der Waals surface area contributed by atoms with E-state index in [0.717, 1.165) is 25.7 Å². The van der Waals surface area contributed by atoms with E-state index in [-0.39, 0.29) is 22.9 Å². The molecule has 0 spiro atoms. The lowest BCUT2D eigenvalue weighted by Crippen LogP contribution is -2.48. The molecule has 26 heavy (non-hydrogen) atoms. The van der Waals surface area contributed by atoms with Gasteiger partial charge in [0.2, 0.25) is 0 Å². The van der Waals surface area contributed by atoms with Crippen LogP contribution in [0.25, 0.3) is 0 Å². The fourth-order valence-electron chi connectivity index (χ4n) is 3.54. The molecule has 2 aliphatic rings. The van der Waals surface area contributed by atoms with Crippen molar-refractivity contribution in [2.75, 3.05) is 13.1 Å². The summed E-state index contributed by atoms with van der Waals surface area (Å²) >= 11 is 0. The maximum atomic E-state index is 12.8. The number of unbranched alkanes of at least 4 members (excludes halogenated alkanes) is 1. The fraction of sp³-hybridized carbons (Fsp3) is 0.474. The summed E-state index contributed by atoms with van der Waals surface area (Å²) < 4.78 is 0. The minimum atomic E-state index is -1.02. The molecular weight excluding hydrogens is 336 g/mol. The normalized spacial score (nSPS) is 19.7. The summed E-state index contributed by atoms with van der Waals surface area (Å²) in [6, 6.07) is 3.58. The summed E-state index contributed by atoms with van der Waals surface area (Å²) in [5, 5.41) is 9.35. The van der Waals surface area contributed by atoms with Crippen molar-refractivity contribution < 1.29 is 24.3 Å². The zero-order valence-corrected chi connectivity index (χ0v) is 14.7. The van der Waals surface area contributed by atoms with Crippen LogP contribution in [0.2, 0.25) is 0 Å². The van der Waals surface area contributed by atoms with Crippen molar-refractivity contribution in [1.29, 1.82) is 0 Å². The number of aliphatic carboxylic acids is 1. The number of carboxylic acid groups (broad SMARTS) is 1. The Morgan fingerprint density at radius 1 is 1.15 bits per heavy atom. The van der Waals surface area contributed by atoms with Crippen molar-refractivity contribution >= 4 is 23.7 Å². The Hall–Kier alpha value is -2.70. The van der Waals surface area contributed by atoms with Gasteiger partial charge in [-0.05, 0) is 43.9 Å². The van der Waals surface area contributed by atoms with Crippen LogP contribution >= 0.6 is 0 Å². The largest absolute Gasteiger partial charge is 0.480 e. The first-order valence-electron chi connectivity index (χ1n) is 8.99. The number of fused-ring (bicyclic) bond motifs is 1. The number of carbonyl (C=O) groups excluding carboxylic acids is 3. The molecule has 1 fully saturated rings. The van der Waals surface area contributed by atoms with E-state index < -0.39 is 17.9 Å². The van der Waals surface area contributed by atoms with Crippen LogP contribution in [0.4, 0.5) is 0 Å². The second-order valence-corrected chi connectivity index (χ2v) is 6.72. The monoisotopic (exact) mass is 358 g/mol. The predicted molar refractivity (Wildman–Crippen MR) is 93.0 cm³/mol. The van der Waals surface area contributed by atoms with Crippen LogP contribution in [0, 0.1) is 0 Å². The third-order valence-electron chi connectivity index (χ3n) is 5.00. The number of piperidine rings is 1. The molecule has 0 saturated carbocycles. The van der Waals surface area contributed by atoms with Crippen molar-refractivity contribution in [2.45, 2.75) is 45.1 Å². The molecule has 7 heteroatoms. The third-order valence-corrected chi connectivity index (χ3v) is 5.00. The molecule has 0 radical (unpaired) electrons. The number of hydrogen-bond acceptors (Lipinski definition) is 4. The number of nitrogens with zero attached hydrogens (tertiary/aromatic N) is 2. The molecule has 1 aromatic carbocycles. The molecule has 1 N–H and O–H groups in total. The molecule has 0 bridgehead atoms. The zero-order chi connectivity index (χ0) is 18.8. The average molecular weight is 358 g/mol. The van der Waals surface area contributed by atoms with Gasteiger partial charge in [0, 0.05) is 18.7 Å². The Bertz CT molecular complexity index is 773. The Labute approximate surface area is 151 Å². The number of likely N-dealkylation sites (tertiary alicyclic amines) is 1. The topological polar surface area (TPSA) is 95.0 Å². The van der Waals surface area contributed by atoms with E-state index in [2.05, 4.69) is 0 Å². The van der Waals surface area contributed by atoms with Crippen LogP contribution in [0.15, 0.2) is 18.2 Å². The Morgan fingerprint density at radius 2 is 1.88 bits per heavy atom. The number of carboxylic acids is 1. The highest BCUT2D eigenvalue weighted by atomic mass is 16.4. The maximum Gasteiger partial charge on any atom is 0.326 e. The van der Waals surface area contributed by atoms with Crippen LogP contribution in [-0.4, -0.2) is 57.7 Å². The molecule has 7 nitrogen and oxygen atoms in total. The van der Waals surface area contributed by atoms with Gasteiger partial charge in [-0.1, -0.05) is 13.3 Å². The van der Waals surface area contributed by atoms with Crippen LogP contribution in [0.5, 0.6) is 0 Å². The van der Waals surface area contributed by atoms with Gasteiger partial charge in [-0.3, -0.25) is 19.3 Å². The minimum absolute atomic E-state index is 0.223. The summed E-state index contributed by atoms with van der Waals surface area (Å²) in [5.41, 5.74) is 0.771. The molecular formula is C19H22N2O5. The molecule has 2 heterocycles. The van der Waals surface area contributed by atoms with E-state index in [4.69, 9.17) is 0 Å². The highest BCUT2D eigenvalue weighted by Crippen LogP contribution is 2.26. The number of imide groups is 1. The lowest BCUT2D eigenvalue weighted by molar-refractivity contribution is -0.143. The SMILES string of the molecule is CCCCN1C(=O)c2ccc(C(=O)N3CCCCC3C(=O)O)cc2C1=O. The molecule has 1 unspecified atom stereocenters. The number of carbonyl (C=O) groups is 4. The molecule has 0 aliphatic carbocycles. The van der Waals surface area contributed by atoms with Crippen molar-refractivity contribution in [3.8, 4) is 0 Å². The summed E-state index contributed by atoms with van der Waals surface area (Å²) in [5.74, 6) is -2.15. The number of benzene rings is 1. The van der Waals surface area contributed by atoms with Gasteiger partial charge in [-0.2, -0.15) is 0 Å². The minimum Gasteiger partial charge on any atom is -0.480 e. The van der Waals surface area contributed by atoms with E-state index in [1.165, 1.54) is 28.0 Å². The van der Waals surface area contributed by atoms with Gasteiger partial charge in [-0.25, -0.2) is 4.79 Å². The second kappa shape index (κ2) is 7.27. The van der Waals surface area contributed by atoms with Gasteiger partial charge < -0.3 is 10.0 Å². The molecule has 3 rings (SSSR count). The third kappa shape index (κ3) is 3.09. The van der Waals surface area contributed by atoms with Crippen LogP contribution < -0.4 is 0 Å². The summed E-state index contributed by atoms with van der Waals surface area (Å²) in [7, 11) is 0. The standard InChI is InChI=1S/C19H22N2O5/c1-2-3-9-21-17(23)13-8-7-12(11-14(13)18(21)24)16(22)20-10-5-4-6-15(20)19(25)26/h7-8,11,15H,2-6,9-10H2,1H3,(H,25,26). The first-order valence-corrected chi connectivity index (χ1v) is 8.99. The molecule has 3 amide bonds. The smallest absolute Gasteiger partial charge is 0.326 e. The van der Waals surface area contributed by atoms with Crippen molar-refractivity contribution in [1.82, 2.24) is 9.80 Å². The van der Waals surface area contributed by atoms with E-state index in [1.54, 1.807) is 0 Å². The lowest BCUT2D eigenvalue weighted by atomic mass is 9.99. The summed E-state index contributed by atoms with van der Waals surface area (Å²) in [6.45, 7) is 2.72. The van der Waals surface area contributed by atoms with Gasteiger partial charge in [0.1, 0.15) is 6.04 Å². The van der Waals surface area contributed by atoms with E-state index >= 15 is 0 Å².